The first kappa shape index (κ1) is 19.5. The zero-order chi connectivity index (χ0) is 20.6. The van der Waals surface area contributed by atoms with Gasteiger partial charge in [-0.25, -0.2) is 8.42 Å². The molecule has 0 aliphatic carbocycles. The van der Waals surface area contributed by atoms with Gasteiger partial charge in [0.05, 0.1) is 15.4 Å². The Morgan fingerprint density at radius 1 is 1.18 bits per heavy atom. The van der Waals surface area contributed by atoms with E-state index in [4.69, 9.17) is 0 Å². The molecule has 1 amide bonds. The Hall–Kier alpha value is -3.24. The topological polar surface area (TPSA) is 123 Å². The number of carbonyl (C=O) groups excluding carboxylic acids is 1. The lowest BCUT2D eigenvalue weighted by Gasteiger charge is -2.12. The highest BCUT2D eigenvalue weighted by atomic mass is 32.2. The highest BCUT2D eigenvalue weighted by Crippen LogP contribution is 2.25. The Bertz CT molecular complexity index is 1210. The standard InChI is InChI=1S/C18H18N4O5S/c1-11-8-13(22(24)25)9-17(12(11)2)28(26,27)20-19-18(23)15-10-21(3)16-7-5-4-6-14(15)16/h4-10,20H,1-3H3,(H,19,23). The molecule has 0 saturated carbocycles. The minimum Gasteiger partial charge on any atom is -0.350 e. The number of rotatable bonds is 5. The second-order valence-corrected chi connectivity index (χ2v) is 8.02. The lowest BCUT2D eigenvalue weighted by Crippen LogP contribution is -2.41. The highest BCUT2D eigenvalue weighted by molar-refractivity contribution is 7.89. The molecule has 0 bridgehead atoms. The summed E-state index contributed by atoms with van der Waals surface area (Å²) in [6.45, 7) is 3.12. The molecule has 0 atom stereocenters. The SMILES string of the molecule is Cc1cc([N+](=O)[O-])cc(S(=O)(=O)NNC(=O)c2cn(C)c3ccccc23)c1C. The fourth-order valence-electron chi connectivity index (χ4n) is 2.95. The molecule has 10 heteroatoms. The van der Waals surface area contributed by atoms with Crippen LogP contribution in [0.1, 0.15) is 21.5 Å². The van der Waals surface area contributed by atoms with Crippen molar-refractivity contribution in [2.24, 2.45) is 7.05 Å². The van der Waals surface area contributed by atoms with E-state index in [0.29, 0.717) is 22.1 Å². The first-order chi connectivity index (χ1) is 13.1. The third kappa shape index (κ3) is 3.47. The maximum Gasteiger partial charge on any atom is 0.271 e. The molecule has 0 unspecified atom stereocenters. The fourth-order valence-corrected chi connectivity index (χ4v) is 4.13. The molecule has 2 N–H and O–H groups in total. The van der Waals surface area contributed by atoms with Crippen LogP contribution in [0.25, 0.3) is 10.9 Å². The largest absolute Gasteiger partial charge is 0.350 e. The van der Waals surface area contributed by atoms with Gasteiger partial charge in [0.25, 0.3) is 21.6 Å². The summed E-state index contributed by atoms with van der Waals surface area (Å²) >= 11 is 0. The first-order valence-corrected chi connectivity index (χ1v) is 9.72. The molecule has 0 fully saturated rings. The second-order valence-electron chi connectivity index (χ2n) is 6.37. The Morgan fingerprint density at radius 2 is 1.86 bits per heavy atom. The van der Waals surface area contributed by atoms with Gasteiger partial charge < -0.3 is 4.57 Å². The normalized spacial score (nSPS) is 11.5. The molecule has 0 radical (unpaired) electrons. The molecule has 28 heavy (non-hydrogen) atoms. The van der Waals surface area contributed by atoms with Crippen LogP contribution in [0.5, 0.6) is 0 Å². The third-order valence-electron chi connectivity index (χ3n) is 4.55. The summed E-state index contributed by atoms with van der Waals surface area (Å²) in [6, 6.07) is 9.47. The number of nitrogens with zero attached hydrogens (tertiary/aromatic N) is 2. The smallest absolute Gasteiger partial charge is 0.271 e. The zero-order valence-corrected chi connectivity index (χ0v) is 16.2. The lowest BCUT2D eigenvalue weighted by atomic mass is 10.1. The number of para-hydroxylation sites is 1. The van der Waals surface area contributed by atoms with Crippen LogP contribution in [0, 0.1) is 24.0 Å². The number of carbonyl (C=O) groups is 1. The van der Waals surface area contributed by atoms with Crippen molar-refractivity contribution in [2.75, 3.05) is 0 Å². The molecule has 0 spiro atoms. The van der Waals surface area contributed by atoms with Gasteiger partial charge in [-0.05, 0) is 31.0 Å². The van der Waals surface area contributed by atoms with Crippen LogP contribution in [-0.4, -0.2) is 23.8 Å². The summed E-state index contributed by atoms with van der Waals surface area (Å²) in [4.78, 5) is 24.6. The van der Waals surface area contributed by atoms with Crippen molar-refractivity contribution in [1.82, 2.24) is 14.8 Å². The van der Waals surface area contributed by atoms with Crippen LogP contribution in [0.2, 0.25) is 0 Å². The number of nitro benzene ring substituents is 1. The predicted octanol–water partition coefficient (Wildman–Crippen LogP) is 2.33. The Morgan fingerprint density at radius 3 is 2.54 bits per heavy atom. The quantitative estimate of drug-likeness (QED) is 0.501. The number of fused-ring (bicyclic) bond motifs is 1. The van der Waals surface area contributed by atoms with E-state index in [-0.39, 0.29) is 10.6 Å². The number of hydrogen-bond donors (Lipinski definition) is 2. The number of nitrogens with one attached hydrogen (secondary N) is 2. The molecule has 9 nitrogen and oxygen atoms in total. The zero-order valence-electron chi connectivity index (χ0n) is 15.4. The molecule has 2 aromatic carbocycles. The molecular weight excluding hydrogens is 384 g/mol. The monoisotopic (exact) mass is 402 g/mol. The minimum atomic E-state index is -4.21. The summed E-state index contributed by atoms with van der Waals surface area (Å²) in [5.41, 5.74) is 3.77. The Kier molecular flexibility index (Phi) is 4.92. The van der Waals surface area contributed by atoms with Gasteiger partial charge in [-0.2, -0.15) is 0 Å². The van der Waals surface area contributed by atoms with E-state index in [1.807, 2.05) is 17.0 Å². The molecule has 3 aromatic rings. The van der Waals surface area contributed by atoms with E-state index in [1.54, 1.807) is 43.8 Å². The molecule has 146 valence electrons. The summed E-state index contributed by atoms with van der Waals surface area (Å²) in [7, 11) is -2.44. The van der Waals surface area contributed by atoms with Crippen LogP contribution < -0.4 is 10.3 Å². The van der Waals surface area contributed by atoms with Gasteiger partial charge in [0.2, 0.25) is 0 Å². The van der Waals surface area contributed by atoms with Gasteiger partial charge in [-0.1, -0.05) is 18.2 Å². The molecule has 1 aromatic heterocycles. The molecule has 0 aliphatic heterocycles. The second kappa shape index (κ2) is 7.06. The maximum atomic E-state index is 12.6. The minimum absolute atomic E-state index is 0.266. The van der Waals surface area contributed by atoms with Crippen LogP contribution in [0.3, 0.4) is 0 Å². The molecule has 0 saturated heterocycles. The van der Waals surface area contributed by atoms with Gasteiger partial charge >= 0.3 is 0 Å². The lowest BCUT2D eigenvalue weighted by molar-refractivity contribution is -0.385. The van der Waals surface area contributed by atoms with Crippen molar-refractivity contribution in [3.63, 3.8) is 0 Å². The van der Waals surface area contributed by atoms with Crippen LogP contribution in [-0.2, 0) is 17.1 Å². The number of sulfonamides is 1. The molecular formula is C18H18N4O5S. The number of hydrogen-bond acceptors (Lipinski definition) is 5. The number of aryl methyl sites for hydroxylation is 2. The van der Waals surface area contributed by atoms with E-state index in [2.05, 4.69) is 5.43 Å². The van der Waals surface area contributed by atoms with E-state index < -0.39 is 20.9 Å². The molecule has 1 heterocycles. The van der Waals surface area contributed by atoms with Crippen molar-refractivity contribution in [1.29, 1.82) is 0 Å². The van der Waals surface area contributed by atoms with Crippen molar-refractivity contribution in [3.8, 4) is 0 Å². The number of non-ortho nitro benzene ring substituents is 1. The van der Waals surface area contributed by atoms with Crippen molar-refractivity contribution >= 4 is 32.5 Å². The third-order valence-corrected chi connectivity index (χ3v) is 5.92. The number of amides is 1. The Labute approximate surface area is 161 Å². The fraction of sp³-hybridized carbons (Fsp3) is 0.167. The van der Waals surface area contributed by atoms with E-state index in [1.165, 1.54) is 6.07 Å². The van der Waals surface area contributed by atoms with Crippen molar-refractivity contribution < 1.29 is 18.1 Å². The molecule has 0 aliphatic rings. The van der Waals surface area contributed by atoms with Gasteiger partial charge in [0.1, 0.15) is 0 Å². The van der Waals surface area contributed by atoms with E-state index in [9.17, 15) is 23.3 Å². The average molecular weight is 402 g/mol. The summed E-state index contributed by atoms with van der Waals surface area (Å²) < 4.78 is 27.0. The average Bonchev–Trinajstić information content (AvgIpc) is 2.99. The van der Waals surface area contributed by atoms with Crippen LogP contribution >= 0.6 is 0 Å². The maximum absolute atomic E-state index is 12.6. The molecule has 3 rings (SSSR count). The summed E-state index contributed by atoms with van der Waals surface area (Å²) in [5, 5.41) is 11.7. The first-order valence-electron chi connectivity index (χ1n) is 8.23. The Balaban J connectivity index is 1.89. The highest BCUT2D eigenvalue weighted by Gasteiger charge is 2.23. The van der Waals surface area contributed by atoms with Gasteiger partial charge in [-0.3, -0.25) is 20.3 Å². The van der Waals surface area contributed by atoms with Crippen molar-refractivity contribution in [2.45, 2.75) is 18.7 Å². The summed E-state index contributed by atoms with van der Waals surface area (Å²) in [5.74, 6) is -0.639. The number of hydrazine groups is 1. The van der Waals surface area contributed by atoms with Gasteiger partial charge in [0, 0.05) is 36.3 Å². The van der Waals surface area contributed by atoms with E-state index >= 15 is 0 Å². The van der Waals surface area contributed by atoms with Crippen LogP contribution in [0.4, 0.5) is 5.69 Å². The van der Waals surface area contributed by atoms with E-state index in [0.717, 1.165) is 11.6 Å². The van der Waals surface area contributed by atoms with Gasteiger partial charge in [0.15, 0.2) is 0 Å². The predicted molar refractivity (Wildman–Crippen MR) is 103 cm³/mol. The number of nitro groups is 1. The summed E-state index contributed by atoms with van der Waals surface area (Å²) in [6.07, 6.45) is 1.59. The van der Waals surface area contributed by atoms with Gasteiger partial charge in [-0.15, -0.1) is 4.83 Å². The van der Waals surface area contributed by atoms with Crippen LogP contribution in [0.15, 0.2) is 47.5 Å². The number of benzene rings is 2. The van der Waals surface area contributed by atoms with Crippen molar-refractivity contribution in [3.05, 3.63) is 69.4 Å². The number of aromatic nitrogens is 1.